The van der Waals surface area contributed by atoms with E-state index in [9.17, 15) is 19.0 Å². The number of nitrogens with two attached hydrogens (primary N) is 1. The highest BCUT2D eigenvalue weighted by atomic mass is 31.2. The van der Waals surface area contributed by atoms with Gasteiger partial charge in [-0.2, -0.15) is 0 Å². The molecule has 470 valence electrons. The van der Waals surface area contributed by atoms with Crippen LogP contribution in [0.4, 0.5) is 0 Å². The van der Waals surface area contributed by atoms with Crippen LogP contribution in [0.5, 0.6) is 0 Å². The minimum atomic E-state index is -4.41. The third kappa shape index (κ3) is 66.6. The Hall–Kier alpha value is -4.37. The molecule has 0 aromatic heterocycles. The number of rotatable bonds is 60. The zero-order valence-electron chi connectivity index (χ0n) is 52.6. The van der Waals surface area contributed by atoms with Crippen LogP contribution in [0.15, 0.2) is 158 Å². The maximum Gasteiger partial charge on any atom is 0.472 e. The summed E-state index contributed by atoms with van der Waals surface area (Å²) < 4.78 is 33.1. The van der Waals surface area contributed by atoms with E-state index in [1.807, 2.05) is 0 Å². The maximum absolute atomic E-state index is 12.7. The van der Waals surface area contributed by atoms with E-state index in [4.69, 9.17) is 24.3 Å². The Morgan fingerprint density at radius 3 is 0.940 bits per heavy atom. The van der Waals surface area contributed by atoms with Gasteiger partial charge in [0.25, 0.3) is 0 Å². The molecule has 83 heavy (non-hydrogen) atoms. The van der Waals surface area contributed by atoms with E-state index >= 15 is 0 Å². The smallest absolute Gasteiger partial charge is 0.462 e. The van der Waals surface area contributed by atoms with Crippen molar-refractivity contribution in [3.63, 3.8) is 0 Å². The van der Waals surface area contributed by atoms with E-state index in [1.54, 1.807) is 0 Å². The first-order chi connectivity index (χ1) is 40.8. The van der Waals surface area contributed by atoms with Crippen molar-refractivity contribution in [1.29, 1.82) is 0 Å². The summed E-state index contributed by atoms with van der Waals surface area (Å²) in [5, 5.41) is 0. The van der Waals surface area contributed by atoms with Crippen LogP contribution in [-0.2, 0) is 32.7 Å². The summed E-state index contributed by atoms with van der Waals surface area (Å²) in [6.07, 6.45) is 97.5. The molecule has 10 heteroatoms. The highest BCUT2D eigenvalue weighted by Gasteiger charge is 2.26. The Kier molecular flexibility index (Phi) is 63.3. The number of ether oxygens (including phenoxy) is 2. The highest BCUT2D eigenvalue weighted by Crippen LogP contribution is 2.43. The molecular weight excluding hydrogens is 1050 g/mol. The van der Waals surface area contributed by atoms with E-state index in [0.717, 1.165) is 122 Å². The normalized spacial score (nSPS) is 14.0. The van der Waals surface area contributed by atoms with Crippen molar-refractivity contribution in [1.82, 2.24) is 0 Å². The second-order valence-corrected chi connectivity index (χ2v) is 22.7. The molecule has 9 nitrogen and oxygen atoms in total. The van der Waals surface area contributed by atoms with Crippen LogP contribution in [0.25, 0.3) is 0 Å². The number of esters is 2. The second kappa shape index (κ2) is 66.8. The fraction of sp³-hybridized carbons (Fsp3) is 0.616. The van der Waals surface area contributed by atoms with E-state index in [0.29, 0.717) is 6.42 Å². The van der Waals surface area contributed by atoms with Crippen molar-refractivity contribution in [3.05, 3.63) is 158 Å². The number of phosphoric acid groups is 1. The maximum atomic E-state index is 12.7. The molecule has 0 aliphatic heterocycles. The largest absolute Gasteiger partial charge is 0.472 e. The molecule has 0 spiro atoms. The van der Waals surface area contributed by atoms with Crippen molar-refractivity contribution < 1.29 is 37.6 Å². The van der Waals surface area contributed by atoms with Gasteiger partial charge in [0.2, 0.25) is 0 Å². The minimum Gasteiger partial charge on any atom is -0.462 e. The number of hydrogen-bond donors (Lipinski definition) is 2. The van der Waals surface area contributed by atoms with E-state index in [-0.39, 0.29) is 32.6 Å². The standard InChI is InChI=1S/C73H120NO8P/c1-3-5-7-9-11-13-15-17-19-21-23-25-27-29-31-33-35-37-39-41-43-45-47-49-51-53-55-57-59-61-63-65-72(75)79-69-71(70-81-83(77,78)80-68-67-74)82-73(76)66-64-62-60-58-56-54-52-50-48-46-44-42-40-38-36-34-32-30-28-26-24-22-20-18-16-14-12-10-8-6-4-2/h5-8,11-14,17-20,23-26,30,32,36,38,42,44,48,50,54,56,71H,3-4,9-10,15-16,21-22,27-29,31,33-35,37,39-41,43,45-47,49,51-53,55,57-70,74H2,1-2H3,(H,77,78)/b7-5-,8-6-,13-11-,14-12-,19-17-,20-18-,25-23-,26-24-,32-30-,38-36-,44-42-,50-48-,56-54-. The molecule has 0 rings (SSSR count). The molecule has 0 aliphatic carbocycles. The van der Waals surface area contributed by atoms with Gasteiger partial charge in [-0.25, -0.2) is 4.57 Å². The summed E-state index contributed by atoms with van der Waals surface area (Å²) in [5.74, 6) is -0.871. The van der Waals surface area contributed by atoms with Crippen LogP contribution < -0.4 is 5.73 Å². The first kappa shape index (κ1) is 78.6. The zero-order valence-corrected chi connectivity index (χ0v) is 53.5. The Morgan fingerprint density at radius 2 is 0.627 bits per heavy atom. The topological polar surface area (TPSA) is 134 Å². The lowest BCUT2D eigenvalue weighted by Gasteiger charge is -2.19. The quantitative estimate of drug-likeness (QED) is 0.0264. The van der Waals surface area contributed by atoms with Crippen LogP contribution in [0.3, 0.4) is 0 Å². The fourth-order valence-corrected chi connectivity index (χ4v) is 9.39. The lowest BCUT2D eigenvalue weighted by Crippen LogP contribution is -2.29. The minimum absolute atomic E-state index is 0.0401. The number of unbranched alkanes of at least 4 members (excludes halogenated alkanes) is 21. The first-order valence-electron chi connectivity index (χ1n) is 33.0. The molecule has 0 heterocycles. The van der Waals surface area contributed by atoms with Gasteiger partial charge in [0.15, 0.2) is 6.10 Å². The molecule has 0 aromatic carbocycles. The van der Waals surface area contributed by atoms with Crippen molar-refractivity contribution in [2.45, 2.75) is 264 Å². The third-order valence-corrected chi connectivity index (χ3v) is 14.4. The number of phosphoric ester groups is 1. The summed E-state index contributed by atoms with van der Waals surface area (Å²) in [6, 6.07) is 0. The van der Waals surface area contributed by atoms with Crippen LogP contribution in [-0.4, -0.2) is 49.3 Å². The van der Waals surface area contributed by atoms with Gasteiger partial charge in [0.1, 0.15) is 6.61 Å². The molecule has 0 amide bonds. The van der Waals surface area contributed by atoms with Crippen molar-refractivity contribution in [2.75, 3.05) is 26.4 Å². The Morgan fingerprint density at radius 1 is 0.361 bits per heavy atom. The van der Waals surface area contributed by atoms with Gasteiger partial charge >= 0.3 is 19.8 Å². The molecule has 0 saturated carbocycles. The number of carbonyl (C=O) groups excluding carboxylic acids is 2. The van der Waals surface area contributed by atoms with E-state index in [2.05, 4.69) is 172 Å². The molecular formula is C73H120NO8P. The molecule has 0 aromatic rings. The van der Waals surface area contributed by atoms with Crippen LogP contribution in [0, 0.1) is 0 Å². The van der Waals surface area contributed by atoms with Gasteiger partial charge in [0.05, 0.1) is 13.2 Å². The molecule has 2 atom stereocenters. The summed E-state index contributed by atoms with van der Waals surface area (Å²) in [7, 11) is -4.41. The van der Waals surface area contributed by atoms with E-state index in [1.165, 1.54) is 103 Å². The Balaban J connectivity index is 4.02. The number of hydrogen-bond acceptors (Lipinski definition) is 8. The Bertz CT molecular complexity index is 1920. The first-order valence-corrected chi connectivity index (χ1v) is 34.5. The summed E-state index contributed by atoms with van der Waals surface area (Å²) in [4.78, 5) is 35.3. The summed E-state index contributed by atoms with van der Waals surface area (Å²) >= 11 is 0. The summed E-state index contributed by atoms with van der Waals surface area (Å²) in [5.41, 5.74) is 5.39. The Labute approximate surface area is 509 Å². The molecule has 0 fully saturated rings. The monoisotopic (exact) mass is 1170 g/mol. The van der Waals surface area contributed by atoms with Gasteiger partial charge < -0.3 is 20.1 Å². The predicted molar refractivity (Wildman–Crippen MR) is 357 cm³/mol. The lowest BCUT2D eigenvalue weighted by molar-refractivity contribution is -0.161. The fourth-order valence-electron chi connectivity index (χ4n) is 8.62. The van der Waals surface area contributed by atoms with Crippen molar-refractivity contribution >= 4 is 19.8 Å². The highest BCUT2D eigenvalue weighted by molar-refractivity contribution is 7.47. The van der Waals surface area contributed by atoms with Gasteiger partial charge in [0, 0.05) is 19.4 Å². The van der Waals surface area contributed by atoms with Gasteiger partial charge in [-0.05, 0) is 122 Å². The van der Waals surface area contributed by atoms with Crippen molar-refractivity contribution in [3.8, 4) is 0 Å². The third-order valence-electron chi connectivity index (χ3n) is 13.4. The number of carbonyl (C=O) groups is 2. The molecule has 0 bridgehead atoms. The molecule has 0 saturated heterocycles. The van der Waals surface area contributed by atoms with Crippen LogP contribution >= 0.6 is 7.82 Å². The lowest BCUT2D eigenvalue weighted by atomic mass is 10.0. The average Bonchev–Trinajstić information content (AvgIpc) is 3.48. The van der Waals surface area contributed by atoms with Gasteiger partial charge in [-0.1, -0.05) is 281 Å². The molecule has 3 N–H and O–H groups in total. The van der Waals surface area contributed by atoms with Crippen LogP contribution in [0.2, 0.25) is 0 Å². The van der Waals surface area contributed by atoms with E-state index < -0.39 is 32.5 Å². The second-order valence-electron chi connectivity index (χ2n) is 21.2. The molecule has 2 unspecified atom stereocenters. The predicted octanol–water partition coefficient (Wildman–Crippen LogP) is 21.6. The van der Waals surface area contributed by atoms with Gasteiger partial charge in [-0.15, -0.1) is 0 Å². The summed E-state index contributed by atoms with van der Waals surface area (Å²) in [6.45, 7) is 3.48. The van der Waals surface area contributed by atoms with Crippen LogP contribution in [0.1, 0.15) is 258 Å². The average molecular weight is 1170 g/mol. The molecule has 0 radical (unpaired) electrons. The zero-order chi connectivity index (χ0) is 60.1. The SMILES string of the molecule is CC/C=C\C/C=C\C/C=C\C/C=C\C/C=C\C/C=C\C/C=C\C/C=C\C/C=C\CCCCCC(=O)OC(COC(=O)CCCCCCCCCCCCCCCCCCCC/C=C\C/C=C\C/C=C\C/C=C\CC)COP(=O)(O)OCCN. The molecule has 0 aliphatic rings. The van der Waals surface area contributed by atoms with Gasteiger partial charge in [-0.3, -0.25) is 18.6 Å². The number of allylic oxidation sites excluding steroid dienone is 26. The van der Waals surface area contributed by atoms with Crippen molar-refractivity contribution in [2.24, 2.45) is 5.73 Å².